The number of aliphatic carboxylic acids is 1. The van der Waals surface area contributed by atoms with Crippen molar-refractivity contribution >= 4 is 45.1 Å². The molecule has 0 saturated carbocycles. The predicted molar refractivity (Wildman–Crippen MR) is 156 cm³/mol. The number of hydrogen-bond acceptors (Lipinski definition) is 7. The Balaban J connectivity index is 1.83. The van der Waals surface area contributed by atoms with Crippen LogP contribution in [0.2, 0.25) is 0 Å². The Hall–Kier alpha value is -2.50. The Bertz CT molecular complexity index is 1330. The summed E-state index contributed by atoms with van der Waals surface area (Å²) in [6.07, 6.45) is 13.1. The topological polar surface area (TPSA) is 124 Å². The van der Waals surface area contributed by atoms with E-state index in [-0.39, 0.29) is 29.4 Å². The van der Waals surface area contributed by atoms with E-state index in [2.05, 4.69) is 55.9 Å². The van der Waals surface area contributed by atoms with Crippen LogP contribution in [-0.4, -0.2) is 59.0 Å². The average Bonchev–Trinajstić information content (AvgIpc) is 3.21. The Kier molecular flexibility index (Phi) is 9.82. The first-order chi connectivity index (χ1) is 18.2. The van der Waals surface area contributed by atoms with Crippen molar-refractivity contribution in [3.8, 4) is 0 Å². The summed E-state index contributed by atoms with van der Waals surface area (Å²) in [6.45, 7) is 11.7. The minimum Gasteiger partial charge on any atom is -0.481 e. The number of nitrogens with zero attached hydrogens (tertiary/aromatic N) is 4. The van der Waals surface area contributed by atoms with Crippen molar-refractivity contribution in [2.75, 3.05) is 18.6 Å². The molecule has 9 nitrogen and oxygen atoms in total. The van der Waals surface area contributed by atoms with Gasteiger partial charge in [0.2, 0.25) is 0 Å². The molecule has 0 amide bonds. The fourth-order valence-electron chi connectivity index (χ4n) is 4.81. The summed E-state index contributed by atoms with van der Waals surface area (Å²) in [7, 11) is -4.02. The van der Waals surface area contributed by atoms with E-state index in [0.29, 0.717) is 13.0 Å². The molecule has 1 aromatic heterocycles. The van der Waals surface area contributed by atoms with Crippen molar-refractivity contribution in [1.82, 2.24) is 5.01 Å². The van der Waals surface area contributed by atoms with E-state index in [0.717, 1.165) is 47.2 Å². The Labute approximate surface area is 236 Å². The SMILES string of the molecule is CSc1cc2c([n+](CCCCCC(=O)O)c1)N=C(/C=C/C=C1/N(CCCS(=O)(=O)O)N=C(C)C1(C)C)C2(C)C. The smallest absolute Gasteiger partial charge is 0.327 e. The minimum absolute atomic E-state index is 0.197. The highest BCUT2D eigenvalue weighted by Gasteiger charge is 2.42. The van der Waals surface area contributed by atoms with Gasteiger partial charge in [0.1, 0.15) is 6.20 Å². The Morgan fingerprint density at radius 3 is 2.51 bits per heavy atom. The lowest BCUT2D eigenvalue weighted by molar-refractivity contribution is -0.686. The highest BCUT2D eigenvalue weighted by atomic mass is 32.2. The van der Waals surface area contributed by atoms with Gasteiger partial charge in [-0.1, -0.05) is 6.08 Å². The van der Waals surface area contributed by atoms with Crippen molar-refractivity contribution in [1.29, 1.82) is 0 Å². The zero-order chi connectivity index (χ0) is 29.0. The molecule has 39 heavy (non-hydrogen) atoms. The van der Waals surface area contributed by atoms with E-state index < -0.39 is 16.1 Å². The number of aliphatic imine (C=N–C) groups is 1. The molecule has 0 spiro atoms. The normalized spacial score (nSPS) is 19.1. The van der Waals surface area contributed by atoms with Gasteiger partial charge in [0.15, 0.2) is 5.71 Å². The third-order valence-electron chi connectivity index (χ3n) is 7.52. The first kappa shape index (κ1) is 31.0. The van der Waals surface area contributed by atoms with Crippen LogP contribution >= 0.6 is 11.8 Å². The lowest BCUT2D eigenvalue weighted by Gasteiger charge is -2.25. The lowest BCUT2D eigenvalue weighted by Crippen LogP contribution is -2.35. The Morgan fingerprint density at radius 2 is 1.87 bits per heavy atom. The van der Waals surface area contributed by atoms with E-state index in [1.54, 1.807) is 11.8 Å². The molecule has 0 atom stereocenters. The molecule has 214 valence electrons. The molecule has 0 bridgehead atoms. The van der Waals surface area contributed by atoms with E-state index in [1.165, 1.54) is 5.56 Å². The van der Waals surface area contributed by atoms with E-state index in [9.17, 15) is 13.2 Å². The fraction of sp³-hybridized carbons (Fsp3) is 0.571. The largest absolute Gasteiger partial charge is 0.481 e. The van der Waals surface area contributed by atoms with Gasteiger partial charge < -0.3 is 5.11 Å². The van der Waals surface area contributed by atoms with Gasteiger partial charge in [-0.05, 0) is 89.8 Å². The quantitative estimate of drug-likeness (QED) is 0.144. The summed E-state index contributed by atoms with van der Waals surface area (Å²) in [5.74, 6) is -0.118. The summed E-state index contributed by atoms with van der Waals surface area (Å²) in [6, 6.07) is 2.21. The van der Waals surface area contributed by atoms with Crippen LogP contribution in [0.4, 0.5) is 5.82 Å². The summed E-state index contributed by atoms with van der Waals surface area (Å²) in [5, 5.41) is 15.4. The standard InChI is InChI=1S/C28H40N4O5S2/c1-20-27(2,3)24(32(30-20)16-11-17-39(35,36)37)13-10-12-23-28(4,5)22-18-21(38-6)19-31(26(22)29-23)15-9-7-8-14-25(33)34/h10,12-13,18-19H,7-9,11,14-17H2,1-6H3,(H-,33,34,35,36,37)/p+1. The molecule has 0 aliphatic carbocycles. The molecule has 2 aliphatic rings. The van der Waals surface area contributed by atoms with Gasteiger partial charge in [-0.2, -0.15) is 13.5 Å². The van der Waals surface area contributed by atoms with Crippen molar-refractivity contribution in [3.63, 3.8) is 0 Å². The summed E-state index contributed by atoms with van der Waals surface area (Å²) in [5.41, 5.74) is 3.40. The predicted octanol–water partition coefficient (Wildman–Crippen LogP) is 5.14. The van der Waals surface area contributed by atoms with Crippen molar-refractivity contribution in [2.45, 2.75) is 83.6 Å². The van der Waals surface area contributed by atoms with Crippen molar-refractivity contribution in [3.05, 3.63) is 41.8 Å². The second-order valence-corrected chi connectivity index (χ2v) is 13.6. The van der Waals surface area contributed by atoms with Gasteiger partial charge in [0.05, 0.1) is 23.3 Å². The molecular formula is C28H41N4O5S2+. The van der Waals surface area contributed by atoms with Gasteiger partial charge >= 0.3 is 11.8 Å². The second kappa shape index (κ2) is 12.3. The van der Waals surface area contributed by atoms with Gasteiger partial charge in [-0.15, -0.1) is 11.8 Å². The molecule has 0 unspecified atom stereocenters. The van der Waals surface area contributed by atoms with Gasteiger partial charge in [0.25, 0.3) is 10.1 Å². The number of hydrogen-bond donors (Lipinski definition) is 2. The number of allylic oxidation sites excluding steroid dienone is 4. The molecule has 0 aromatic carbocycles. The molecule has 2 N–H and O–H groups in total. The van der Waals surface area contributed by atoms with Crippen LogP contribution in [0.15, 0.2) is 51.2 Å². The van der Waals surface area contributed by atoms with Gasteiger partial charge in [-0.3, -0.25) is 14.4 Å². The van der Waals surface area contributed by atoms with Gasteiger partial charge in [0, 0.05) is 34.7 Å². The third kappa shape index (κ3) is 7.58. The molecule has 11 heteroatoms. The number of fused-ring (bicyclic) bond motifs is 1. The van der Waals surface area contributed by atoms with Crippen molar-refractivity contribution < 1.29 is 27.4 Å². The fourth-order valence-corrected chi connectivity index (χ4v) is 5.77. The molecular weight excluding hydrogens is 536 g/mol. The number of hydrazone groups is 1. The summed E-state index contributed by atoms with van der Waals surface area (Å²) < 4.78 is 33.6. The maximum absolute atomic E-state index is 11.2. The first-order valence-electron chi connectivity index (χ1n) is 13.3. The first-order valence-corrected chi connectivity index (χ1v) is 16.1. The zero-order valence-corrected chi connectivity index (χ0v) is 25.4. The second-order valence-electron chi connectivity index (χ2n) is 11.1. The molecule has 2 aliphatic heterocycles. The lowest BCUT2D eigenvalue weighted by atomic mass is 9.82. The summed E-state index contributed by atoms with van der Waals surface area (Å²) >= 11 is 1.69. The van der Waals surface area contributed by atoms with Crippen LogP contribution in [0.25, 0.3) is 0 Å². The van der Waals surface area contributed by atoms with E-state index in [1.807, 2.05) is 30.2 Å². The van der Waals surface area contributed by atoms with Gasteiger partial charge in [-0.25, -0.2) is 4.57 Å². The number of thioether (sulfide) groups is 1. The van der Waals surface area contributed by atoms with Crippen LogP contribution in [0.3, 0.4) is 0 Å². The average molecular weight is 578 g/mol. The number of carboxylic acids is 1. The number of aromatic nitrogens is 1. The number of carboxylic acid groups (broad SMARTS) is 1. The Morgan fingerprint density at radius 1 is 1.15 bits per heavy atom. The molecule has 0 fully saturated rings. The molecule has 0 saturated heterocycles. The molecule has 1 aromatic rings. The number of carbonyl (C=O) groups is 1. The van der Waals surface area contributed by atoms with Crippen LogP contribution in [0, 0.1) is 5.41 Å². The molecule has 3 heterocycles. The molecule has 3 rings (SSSR count). The third-order valence-corrected chi connectivity index (χ3v) is 9.02. The monoisotopic (exact) mass is 577 g/mol. The number of pyridine rings is 1. The summed E-state index contributed by atoms with van der Waals surface area (Å²) in [4.78, 5) is 17.0. The maximum atomic E-state index is 11.2. The zero-order valence-electron chi connectivity index (χ0n) is 23.8. The van der Waals surface area contributed by atoms with E-state index >= 15 is 0 Å². The van der Waals surface area contributed by atoms with Crippen LogP contribution in [-0.2, 0) is 26.9 Å². The number of unbranched alkanes of at least 4 members (excludes halogenated alkanes) is 2. The number of aryl methyl sites for hydroxylation is 1. The number of rotatable bonds is 13. The van der Waals surface area contributed by atoms with Crippen molar-refractivity contribution in [2.24, 2.45) is 15.5 Å². The van der Waals surface area contributed by atoms with Crippen LogP contribution < -0.4 is 4.57 Å². The van der Waals surface area contributed by atoms with Crippen LogP contribution in [0.1, 0.15) is 72.3 Å². The van der Waals surface area contributed by atoms with Crippen LogP contribution in [0.5, 0.6) is 0 Å². The highest BCUT2D eigenvalue weighted by molar-refractivity contribution is 7.98. The maximum Gasteiger partial charge on any atom is 0.327 e. The highest BCUT2D eigenvalue weighted by Crippen LogP contribution is 2.40. The van der Waals surface area contributed by atoms with E-state index in [4.69, 9.17) is 14.7 Å². The minimum atomic E-state index is -4.02. The molecule has 0 radical (unpaired) electrons.